The third-order valence-electron chi connectivity index (χ3n) is 2.10. The molecule has 0 radical (unpaired) electrons. The fraction of sp³-hybridized carbons (Fsp3) is 0.500. The van der Waals surface area contributed by atoms with Crippen molar-refractivity contribution in [2.75, 3.05) is 0 Å². The first kappa shape index (κ1) is 8.74. The molecule has 4 nitrogen and oxygen atoms in total. The summed E-state index contributed by atoms with van der Waals surface area (Å²) in [5.74, 6) is 0.216. The molecule has 1 fully saturated rings. The van der Waals surface area contributed by atoms with E-state index in [1.165, 1.54) is 12.8 Å². The molecule has 1 aromatic heterocycles. The lowest BCUT2D eigenvalue weighted by atomic mass is 10.3. The number of halogens is 1. The Kier molecular flexibility index (Phi) is 2.11. The van der Waals surface area contributed by atoms with Gasteiger partial charge < -0.3 is 5.73 Å². The zero-order chi connectivity index (χ0) is 9.42. The normalized spacial score (nSPS) is 16.1. The van der Waals surface area contributed by atoms with E-state index in [2.05, 4.69) is 21.0 Å². The predicted molar refractivity (Wildman–Crippen MR) is 51.1 cm³/mol. The molecule has 0 unspecified atom stereocenters. The molecule has 5 heteroatoms. The molecule has 2 rings (SSSR count). The zero-order valence-corrected chi connectivity index (χ0v) is 8.62. The average molecular weight is 244 g/mol. The molecule has 0 spiro atoms. The lowest BCUT2D eigenvalue weighted by molar-refractivity contribution is -0.118. The van der Waals surface area contributed by atoms with Gasteiger partial charge in [-0.05, 0) is 28.8 Å². The average Bonchev–Trinajstić information content (AvgIpc) is 2.79. The van der Waals surface area contributed by atoms with E-state index >= 15 is 0 Å². The lowest BCUT2D eigenvalue weighted by Gasteiger charge is -2.03. The number of nitrogens with zero attached hydrogens (tertiary/aromatic N) is 2. The topological polar surface area (TPSA) is 60.9 Å². The summed E-state index contributed by atoms with van der Waals surface area (Å²) < 4.78 is 2.67. The van der Waals surface area contributed by atoms with Crippen LogP contribution >= 0.6 is 15.9 Å². The molecule has 0 aliphatic heterocycles. The zero-order valence-electron chi connectivity index (χ0n) is 7.03. The highest BCUT2D eigenvalue weighted by Crippen LogP contribution is 2.43. The highest BCUT2D eigenvalue weighted by molar-refractivity contribution is 9.10. The summed E-state index contributed by atoms with van der Waals surface area (Å²) in [5.41, 5.74) is 6.22. The molecule has 1 aliphatic rings. The maximum absolute atomic E-state index is 10.7. The summed E-state index contributed by atoms with van der Waals surface area (Å²) in [4.78, 5) is 10.7. The van der Waals surface area contributed by atoms with Gasteiger partial charge in [-0.3, -0.25) is 9.48 Å². The van der Waals surface area contributed by atoms with Crippen LogP contribution in [0, 0.1) is 0 Å². The summed E-state index contributed by atoms with van der Waals surface area (Å²) in [7, 11) is 0. The van der Waals surface area contributed by atoms with Gasteiger partial charge in [0.25, 0.3) is 0 Å². The molecule has 13 heavy (non-hydrogen) atoms. The standard InChI is InChI=1S/C8H10BrN3O/c9-6-3-11-12(4-7(10)13)8(6)5-1-2-5/h3,5H,1-2,4H2,(H2,10,13). The van der Waals surface area contributed by atoms with Crippen molar-refractivity contribution < 1.29 is 4.79 Å². The summed E-state index contributed by atoms with van der Waals surface area (Å²) in [6.45, 7) is 0.178. The predicted octanol–water partition coefficient (Wildman–Crippen LogP) is 1.01. The van der Waals surface area contributed by atoms with Gasteiger partial charge >= 0.3 is 0 Å². The van der Waals surface area contributed by atoms with E-state index in [-0.39, 0.29) is 12.5 Å². The quantitative estimate of drug-likeness (QED) is 0.862. The number of amides is 1. The Bertz CT molecular complexity index is 343. The molecular formula is C8H10BrN3O. The van der Waals surface area contributed by atoms with Crippen LogP contribution in [0.1, 0.15) is 24.5 Å². The number of nitrogens with two attached hydrogens (primary N) is 1. The highest BCUT2D eigenvalue weighted by Gasteiger charge is 2.29. The molecule has 0 bridgehead atoms. The van der Waals surface area contributed by atoms with E-state index < -0.39 is 0 Å². The molecule has 0 aromatic carbocycles. The van der Waals surface area contributed by atoms with Gasteiger partial charge in [0, 0.05) is 5.92 Å². The van der Waals surface area contributed by atoms with E-state index in [9.17, 15) is 4.79 Å². The number of carbonyl (C=O) groups is 1. The molecule has 70 valence electrons. The molecule has 1 heterocycles. The molecular weight excluding hydrogens is 234 g/mol. The first-order chi connectivity index (χ1) is 6.18. The Balaban J connectivity index is 2.28. The van der Waals surface area contributed by atoms with Crippen LogP contribution in [0.25, 0.3) is 0 Å². The largest absolute Gasteiger partial charge is 0.368 e. The minimum absolute atomic E-state index is 0.178. The van der Waals surface area contributed by atoms with Crippen LogP contribution in [0.2, 0.25) is 0 Å². The van der Waals surface area contributed by atoms with Crippen molar-refractivity contribution in [3.05, 3.63) is 16.4 Å². The summed E-state index contributed by atoms with van der Waals surface area (Å²) >= 11 is 3.41. The third-order valence-corrected chi connectivity index (χ3v) is 2.71. The Labute approximate surface area is 84.2 Å². The second-order valence-corrected chi connectivity index (χ2v) is 4.13. The Hall–Kier alpha value is -0.840. The summed E-state index contributed by atoms with van der Waals surface area (Å²) in [5, 5.41) is 4.09. The Morgan fingerprint density at radius 2 is 2.46 bits per heavy atom. The summed E-state index contributed by atoms with van der Waals surface area (Å²) in [6.07, 6.45) is 4.09. The van der Waals surface area contributed by atoms with Gasteiger partial charge in [0.05, 0.1) is 16.4 Å². The van der Waals surface area contributed by atoms with Crippen LogP contribution < -0.4 is 5.73 Å². The third kappa shape index (κ3) is 1.75. The Morgan fingerprint density at radius 1 is 1.77 bits per heavy atom. The molecule has 0 atom stereocenters. The number of hydrogen-bond donors (Lipinski definition) is 1. The second kappa shape index (κ2) is 3.14. The molecule has 1 saturated carbocycles. The van der Waals surface area contributed by atoms with Crippen molar-refractivity contribution in [3.63, 3.8) is 0 Å². The first-order valence-electron chi connectivity index (χ1n) is 4.18. The SMILES string of the molecule is NC(=O)Cn1ncc(Br)c1C1CC1. The van der Waals surface area contributed by atoms with Crippen molar-refractivity contribution in [2.45, 2.75) is 25.3 Å². The van der Waals surface area contributed by atoms with Crippen LogP contribution in [-0.4, -0.2) is 15.7 Å². The van der Waals surface area contributed by atoms with Gasteiger partial charge in [-0.15, -0.1) is 0 Å². The number of rotatable bonds is 3. The van der Waals surface area contributed by atoms with E-state index in [1.54, 1.807) is 10.9 Å². The monoisotopic (exact) mass is 243 g/mol. The van der Waals surface area contributed by atoms with Crippen LogP contribution in [0.3, 0.4) is 0 Å². The van der Waals surface area contributed by atoms with Crippen LogP contribution in [0.5, 0.6) is 0 Å². The number of hydrogen-bond acceptors (Lipinski definition) is 2. The van der Waals surface area contributed by atoms with Gasteiger partial charge in [0.15, 0.2) is 0 Å². The van der Waals surface area contributed by atoms with Gasteiger partial charge in [-0.2, -0.15) is 5.10 Å². The fourth-order valence-corrected chi connectivity index (χ4v) is 2.03. The fourth-order valence-electron chi connectivity index (χ4n) is 1.41. The van der Waals surface area contributed by atoms with Gasteiger partial charge in [0.2, 0.25) is 5.91 Å². The van der Waals surface area contributed by atoms with E-state index in [0.717, 1.165) is 10.2 Å². The lowest BCUT2D eigenvalue weighted by Crippen LogP contribution is -2.20. The van der Waals surface area contributed by atoms with E-state index in [0.29, 0.717) is 5.92 Å². The molecule has 1 amide bonds. The number of aromatic nitrogens is 2. The molecule has 2 N–H and O–H groups in total. The highest BCUT2D eigenvalue weighted by atomic mass is 79.9. The van der Waals surface area contributed by atoms with Crippen molar-refractivity contribution in [1.82, 2.24) is 9.78 Å². The number of carbonyl (C=O) groups excluding carboxylic acids is 1. The van der Waals surface area contributed by atoms with Gasteiger partial charge in [-0.1, -0.05) is 0 Å². The van der Waals surface area contributed by atoms with Crippen molar-refractivity contribution >= 4 is 21.8 Å². The van der Waals surface area contributed by atoms with E-state index in [4.69, 9.17) is 5.73 Å². The smallest absolute Gasteiger partial charge is 0.239 e. The van der Waals surface area contributed by atoms with E-state index in [1.807, 2.05) is 0 Å². The van der Waals surface area contributed by atoms with Crippen LogP contribution in [-0.2, 0) is 11.3 Å². The van der Waals surface area contributed by atoms with Gasteiger partial charge in [-0.25, -0.2) is 0 Å². The number of primary amides is 1. The van der Waals surface area contributed by atoms with Crippen LogP contribution in [0.4, 0.5) is 0 Å². The van der Waals surface area contributed by atoms with Gasteiger partial charge in [0.1, 0.15) is 6.54 Å². The van der Waals surface area contributed by atoms with Crippen LogP contribution in [0.15, 0.2) is 10.7 Å². The molecule has 0 saturated heterocycles. The van der Waals surface area contributed by atoms with Crippen molar-refractivity contribution in [3.8, 4) is 0 Å². The minimum Gasteiger partial charge on any atom is -0.368 e. The summed E-state index contributed by atoms with van der Waals surface area (Å²) in [6, 6.07) is 0. The molecule has 1 aromatic rings. The minimum atomic E-state index is -0.350. The van der Waals surface area contributed by atoms with Crippen molar-refractivity contribution in [1.29, 1.82) is 0 Å². The maximum atomic E-state index is 10.7. The Morgan fingerprint density at radius 3 is 3.00 bits per heavy atom. The molecule has 1 aliphatic carbocycles. The second-order valence-electron chi connectivity index (χ2n) is 3.28. The maximum Gasteiger partial charge on any atom is 0.239 e. The van der Waals surface area contributed by atoms with Crippen molar-refractivity contribution in [2.24, 2.45) is 5.73 Å². The first-order valence-corrected chi connectivity index (χ1v) is 4.97.